The first-order chi connectivity index (χ1) is 16.3. The number of hydrogen-bond acceptors (Lipinski definition) is 5. The summed E-state index contributed by atoms with van der Waals surface area (Å²) in [6.07, 6.45) is 0.115. The van der Waals surface area contributed by atoms with Gasteiger partial charge in [-0.2, -0.15) is 4.31 Å². The van der Waals surface area contributed by atoms with E-state index < -0.39 is 16.1 Å². The van der Waals surface area contributed by atoms with E-state index in [0.29, 0.717) is 18.8 Å². The maximum Gasteiger partial charge on any atom is 0.251 e. The Kier molecular flexibility index (Phi) is 5.75. The summed E-state index contributed by atoms with van der Waals surface area (Å²) in [5, 5.41) is 1.87. The van der Waals surface area contributed by atoms with Gasteiger partial charge in [-0.15, -0.1) is 0 Å². The third-order valence-electron chi connectivity index (χ3n) is 6.79. The number of rotatable bonds is 4. The first-order valence-electron chi connectivity index (χ1n) is 11.4. The molecule has 3 aromatic carbocycles. The number of imide groups is 1. The van der Waals surface area contributed by atoms with Crippen molar-refractivity contribution in [2.45, 2.75) is 31.2 Å². The van der Waals surface area contributed by atoms with E-state index in [0.717, 1.165) is 21.9 Å². The van der Waals surface area contributed by atoms with Gasteiger partial charge in [0.1, 0.15) is 0 Å². The van der Waals surface area contributed by atoms with E-state index in [1.54, 1.807) is 12.1 Å². The summed E-state index contributed by atoms with van der Waals surface area (Å²) in [5.74, 6) is -0.448. The Morgan fingerprint density at radius 3 is 2.24 bits per heavy atom. The highest BCUT2D eigenvalue weighted by molar-refractivity contribution is 7.89. The average Bonchev–Trinajstić information content (AvgIpc) is 3.12. The fourth-order valence-electron chi connectivity index (χ4n) is 4.94. The van der Waals surface area contributed by atoms with Crippen LogP contribution in [0.1, 0.15) is 17.5 Å². The number of sulfonamides is 1. The third kappa shape index (κ3) is 3.91. The molecule has 0 unspecified atom stereocenters. The molecule has 2 heterocycles. The Labute approximate surface area is 199 Å². The summed E-state index contributed by atoms with van der Waals surface area (Å²) in [4.78, 5) is 29.5. The highest BCUT2D eigenvalue weighted by Crippen LogP contribution is 2.30. The second-order valence-electron chi connectivity index (χ2n) is 9.03. The molecule has 2 aliphatic rings. The largest absolute Gasteiger partial charge is 0.289 e. The van der Waals surface area contributed by atoms with Crippen LogP contribution in [0.5, 0.6) is 0 Å². The molecule has 1 atom stereocenters. The van der Waals surface area contributed by atoms with Crippen LogP contribution in [-0.4, -0.2) is 61.7 Å². The Hall–Kier alpha value is -3.07. The molecule has 8 heteroatoms. The van der Waals surface area contributed by atoms with Crippen LogP contribution >= 0.6 is 0 Å². The van der Waals surface area contributed by atoms with E-state index in [-0.39, 0.29) is 36.2 Å². The van der Waals surface area contributed by atoms with Crippen LogP contribution in [0.2, 0.25) is 0 Å². The van der Waals surface area contributed by atoms with E-state index >= 15 is 0 Å². The van der Waals surface area contributed by atoms with Crippen molar-refractivity contribution in [2.24, 2.45) is 0 Å². The first-order valence-corrected chi connectivity index (χ1v) is 12.9. The van der Waals surface area contributed by atoms with Crippen LogP contribution in [0.15, 0.2) is 65.6 Å². The predicted octanol–water partition coefficient (Wildman–Crippen LogP) is 3.10. The predicted molar refractivity (Wildman–Crippen MR) is 131 cm³/mol. The average molecular weight is 478 g/mol. The molecule has 0 bridgehead atoms. The first kappa shape index (κ1) is 22.7. The van der Waals surface area contributed by atoms with E-state index in [1.807, 2.05) is 67.3 Å². The van der Waals surface area contributed by atoms with Crippen LogP contribution in [0.4, 0.5) is 5.69 Å². The molecule has 5 rings (SSSR count). The summed E-state index contributed by atoms with van der Waals surface area (Å²) in [5.41, 5.74) is 2.58. The van der Waals surface area contributed by atoms with Gasteiger partial charge in [0.2, 0.25) is 15.9 Å². The fraction of sp³-hybridized carbons (Fsp3) is 0.308. The molecule has 0 spiro atoms. The second kappa shape index (κ2) is 8.61. The molecule has 0 aromatic heterocycles. The van der Waals surface area contributed by atoms with Gasteiger partial charge in [-0.05, 0) is 48.4 Å². The lowest BCUT2D eigenvalue weighted by Crippen LogP contribution is -2.53. The van der Waals surface area contributed by atoms with Gasteiger partial charge >= 0.3 is 0 Å². The van der Waals surface area contributed by atoms with Crippen molar-refractivity contribution in [1.29, 1.82) is 0 Å². The number of amides is 2. The van der Waals surface area contributed by atoms with Gasteiger partial charge in [-0.3, -0.25) is 14.5 Å². The molecule has 2 aliphatic heterocycles. The summed E-state index contributed by atoms with van der Waals surface area (Å²) in [6, 6.07) is 17.9. The molecule has 2 saturated heterocycles. The third-order valence-corrected chi connectivity index (χ3v) is 8.68. The number of fused-ring (bicyclic) bond motifs is 1. The van der Waals surface area contributed by atoms with Crippen molar-refractivity contribution in [1.82, 2.24) is 9.21 Å². The molecular weight excluding hydrogens is 450 g/mol. The van der Waals surface area contributed by atoms with Gasteiger partial charge in [0.25, 0.3) is 5.91 Å². The van der Waals surface area contributed by atoms with E-state index in [1.165, 1.54) is 9.21 Å². The Balaban J connectivity index is 1.30. The molecule has 7 nitrogen and oxygen atoms in total. The van der Waals surface area contributed by atoms with E-state index in [2.05, 4.69) is 0 Å². The summed E-state index contributed by atoms with van der Waals surface area (Å²) < 4.78 is 28.0. The molecule has 3 aromatic rings. The SMILES string of the molecule is Cc1ccc(N2C(=O)C[C@H](N3CCN(S(=O)(=O)c4ccc5ccccc5c4)CC3)C2=O)c(C)c1. The Bertz CT molecular complexity index is 1390. The quantitative estimate of drug-likeness (QED) is 0.540. The smallest absolute Gasteiger partial charge is 0.251 e. The number of hydrogen-bond donors (Lipinski definition) is 0. The van der Waals surface area contributed by atoms with Crippen LogP contribution in [-0.2, 0) is 19.6 Å². The molecule has 0 radical (unpaired) electrons. The minimum absolute atomic E-state index is 0.115. The fourth-order valence-corrected chi connectivity index (χ4v) is 6.40. The van der Waals surface area contributed by atoms with Crippen molar-refractivity contribution in [3.8, 4) is 0 Å². The number of benzene rings is 3. The van der Waals surface area contributed by atoms with Gasteiger partial charge in [0.05, 0.1) is 23.0 Å². The molecule has 0 saturated carbocycles. The number of anilines is 1. The summed E-state index contributed by atoms with van der Waals surface area (Å²) >= 11 is 0. The van der Waals surface area contributed by atoms with Gasteiger partial charge in [0, 0.05) is 26.2 Å². The van der Waals surface area contributed by atoms with Crippen molar-refractivity contribution in [3.63, 3.8) is 0 Å². The van der Waals surface area contributed by atoms with Gasteiger partial charge in [-0.1, -0.05) is 48.0 Å². The van der Waals surface area contributed by atoms with Crippen molar-refractivity contribution >= 4 is 38.3 Å². The van der Waals surface area contributed by atoms with E-state index in [4.69, 9.17) is 0 Å². The monoisotopic (exact) mass is 477 g/mol. The zero-order chi connectivity index (χ0) is 24.0. The number of piperazine rings is 1. The lowest BCUT2D eigenvalue weighted by atomic mass is 10.1. The van der Waals surface area contributed by atoms with Crippen LogP contribution in [0, 0.1) is 13.8 Å². The lowest BCUT2D eigenvalue weighted by Gasteiger charge is -2.36. The van der Waals surface area contributed by atoms with Crippen LogP contribution in [0.3, 0.4) is 0 Å². The normalized spacial score (nSPS) is 20.4. The topological polar surface area (TPSA) is 78.0 Å². The summed E-state index contributed by atoms with van der Waals surface area (Å²) in [6.45, 7) is 5.22. The van der Waals surface area contributed by atoms with Gasteiger partial charge in [-0.25, -0.2) is 13.3 Å². The number of carbonyl (C=O) groups excluding carboxylic acids is 2. The highest BCUT2D eigenvalue weighted by Gasteiger charge is 2.44. The van der Waals surface area contributed by atoms with Crippen molar-refractivity contribution in [2.75, 3.05) is 31.1 Å². The number of carbonyl (C=O) groups is 2. The highest BCUT2D eigenvalue weighted by atomic mass is 32.2. The zero-order valence-corrected chi connectivity index (χ0v) is 20.1. The number of nitrogens with zero attached hydrogens (tertiary/aromatic N) is 3. The van der Waals surface area contributed by atoms with Gasteiger partial charge < -0.3 is 0 Å². The maximum absolute atomic E-state index is 13.3. The van der Waals surface area contributed by atoms with E-state index in [9.17, 15) is 18.0 Å². The molecular formula is C26H27N3O4S. The molecule has 34 heavy (non-hydrogen) atoms. The van der Waals surface area contributed by atoms with Crippen molar-refractivity contribution < 1.29 is 18.0 Å². The minimum atomic E-state index is -3.64. The molecule has 0 N–H and O–H groups in total. The van der Waals surface area contributed by atoms with Crippen molar-refractivity contribution in [3.05, 3.63) is 71.8 Å². The molecule has 176 valence electrons. The zero-order valence-electron chi connectivity index (χ0n) is 19.3. The number of aryl methyl sites for hydroxylation is 2. The second-order valence-corrected chi connectivity index (χ2v) is 11.0. The Morgan fingerprint density at radius 2 is 1.53 bits per heavy atom. The lowest BCUT2D eigenvalue weighted by molar-refractivity contribution is -0.123. The molecule has 2 fully saturated rings. The summed E-state index contributed by atoms with van der Waals surface area (Å²) in [7, 11) is -3.64. The minimum Gasteiger partial charge on any atom is -0.289 e. The van der Waals surface area contributed by atoms with Gasteiger partial charge in [0.15, 0.2) is 0 Å². The maximum atomic E-state index is 13.3. The van der Waals surface area contributed by atoms with Crippen LogP contribution < -0.4 is 4.90 Å². The molecule has 2 amide bonds. The standard InChI is InChI=1S/C26H27N3O4S/c1-18-7-10-23(19(2)15-18)29-25(30)17-24(26(29)31)27-11-13-28(14-12-27)34(32,33)22-9-8-20-5-3-4-6-21(20)16-22/h3-10,15-16,24H,11-14,17H2,1-2H3/t24-/m0/s1. The molecule has 0 aliphatic carbocycles. The Morgan fingerprint density at radius 1 is 0.824 bits per heavy atom. The van der Waals surface area contributed by atoms with Crippen LogP contribution in [0.25, 0.3) is 10.8 Å².